The number of rotatable bonds is 2. The molecule has 0 unspecified atom stereocenters. The zero-order valence-electron chi connectivity index (χ0n) is 16.3. The Hall–Kier alpha value is -3.28. The maximum Gasteiger partial charge on any atom is 0.414 e. The van der Waals surface area contributed by atoms with Gasteiger partial charge in [0.25, 0.3) is 5.91 Å². The second kappa shape index (κ2) is 6.95. The topological polar surface area (TPSA) is 65.6 Å². The quantitative estimate of drug-likeness (QED) is 0.702. The van der Waals surface area contributed by atoms with Crippen molar-refractivity contribution in [2.75, 3.05) is 18.1 Å². The van der Waals surface area contributed by atoms with Gasteiger partial charge in [-0.3, -0.25) is 9.69 Å². The van der Waals surface area contributed by atoms with Gasteiger partial charge in [-0.2, -0.15) is 0 Å². The third kappa shape index (κ3) is 2.70. The SMILES string of the molecule is CCOC(=O)N1c2ccccc2C(=O)N2CCC[C@H]2[C@@H]1c1c[nH]c2ccccc12. The van der Waals surface area contributed by atoms with Gasteiger partial charge in [0.1, 0.15) is 0 Å². The van der Waals surface area contributed by atoms with Crippen LogP contribution in [0.5, 0.6) is 0 Å². The molecule has 1 saturated heterocycles. The van der Waals surface area contributed by atoms with Crippen molar-refractivity contribution in [1.29, 1.82) is 0 Å². The van der Waals surface area contributed by atoms with Crippen LogP contribution < -0.4 is 4.90 Å². The number of fused-ring (bicyclic) bond motifs is 3. The maximum atomic E-state index is 13.4. The van der Waals surface area contributed by atoms with Crippen LogP contribution in [0.4, 0.5) is 10.5 Å². The maximum absolute atomic E-state index is 13.4. The number of nitrogens with one attached hydrogen (secondary N) is 1. The van der Waals surface area contributed by atoms with E-state index < -0.39 is 6.09 Å². The Bertz CT molecular complexity index is 1090. The number of hydrogen-bond acceptors (Lipinski definition) is 3. The number of ether oxygens (including phenoxy) is 1. The molecule has 2 aliphatic rings. The molecule has 29 heavy (non-hydrogen) atoms. The van der Waals surface area contributed by atoms with E-state index in [0.717, 1.165) is 29.3 Å². The number of anilines is 1. The molecule has 0 saturated carbocycles. The van der Waals surface area contributed by atoms with Crippen LogP contribution in [0.15, 0.2) is 54.7 Å². The molecule has 3 heterocycles. The van der Waals surface area contributed by atoms with Gasteiger partial charge in [0.05, 0.1) is 29.9 Å². The van der Waals surface area contributed by atoms with E-state index in [4.69, 9.17) is 4.74 Å². The van der Waals surface area contributed by atoms with Gasteiger partial charge >= 0.3 is 6.09 Å². The number of H-pyrrole nitrogens is 1. The fourth-order valence-electron chi connectivity index (χ4n) is 4.80. The van der Waals surface area contributed by atoms with Gasteiger partial charge in [-0.15, -0.1) is 0 Å². The summed E-state index contributed by atoms with van der Waals surface area (Å²) in [7, 11) is 0. The Morgan fingerprint density at radius 3 is 2.83 bits per heavy atom. The molecule has 6 heteroatoms. The number of aromatic amines is 1. The van der Waals surface area contributed by atoms with Gasteiger partial charge in [0.15, 0.2) is 0 Å². The Morgan fingerprint density at radius 2 is 1.97 bits per heavy atom. The van der Waals surface area contributed by atoms with E-state index in [-0.39, 0.29) is 24.6 Å². The summed E-state index contributed by atoms with van der Waals surface area (Å²) < 4.78 is 5.46. The lowest BCUT2D eigenvalue weighted by molar-refractivity contribution is 0.0724. The van der Waals surface area contributed by atoms with Gasteiger partial charge < -0.3 is 14.6 Å². The number of carbonyl (C=O) groups excluding carboxylic acids is 2. The highest BCUT2D eigenvalue weighted by Crippen LogP contribution is 2.44. The van der Waals surface area contributed by atoms with Crippen molar-refractivity contribution in [3.8, 4) is 0 Å². The van der Waals surface area contributed by atoms with Gasteiger partial charge in [-0.05, 0) is 38.0 Å². The molecule has 0 spiro atoms. The van der Waals surface area contributed by atoms with Crippen LogP contribution in [0.3, 0.4) is 0 Å². The van der Waals surface area contributed by atoms with E-state index in [1.165, 1.54) is 0 Å². The summed E-state index contributed by atoms with van der Waals surface area (Å²) in [5, 5.41) is 1.06. The molecular weight excluding hydrogens is 366 g/mol. The van der Waals surface area contributed by atoms with E-state index in [2.05, 4.69) is 11.1 Å². The van der Waals surface area contributed by atoms with E-state index in [1.807, 2.05) is 47.5 Å². The summed E-state index contributed by atoms with van der Waals surface area (Å²) in [6.45, 7) is 2.78. The Labute approximate surface area is 169 Å². The second-order valence-corrected chi connectivity index (χ2v) is 7.53. The molecule has 1 N–H and O–H groups in total. The molecule has 3 aromatic rings. The van der Waals surface area contributed by atoms with Gasteiger partial charge in [0.2, 0.25) is 0 Å². The highest BCUT2D eigenvalue weighted by Gasteiger charge is 2.46. The largest absolute Gasteiger partial charge is 0.449 e. The van der Waals surface area contributed by atoms with Crippen molar-refractivity contribution < 1.29 is 14.3 Å². The van der Waals surface area contributed by atoms with Crippen LogP contribution >= 0.6 is 0 Å². The number of carbonyl (C=O) groups is 2. The molecule has 2 amide bonds. The van der Waals surface area contributed by atoms with Crippen LogP contribution in [0, 0.1) is 0 Å². The van der Waals surface area contributed by atoms with E-state index in [0.29, 0.717) is 17.8 Å². The van der Waals surface area contributed by atoms with E-state index >= 15 is 0 Å². The monoisotopic (exact) mass is 389 g/mol. The number of para-hydroxylation sites is 2. The first-order valence-corrected chi connectivity index (χ1v) is 10.1. The second-order valence-electron chi connectivity index (χ2n) is 7.53. The highest BCUT2D eigenvalue weighted by molar-refractivity contribution is 6.05. The average Bonchev–Trinajstić information content (AvgIpc) is 3.37. The average molecular weight is 389 g/mol. The summed E-state index contributed by atoms with van der Waals surface area (Å²) >= 11 is 0. The summed E-state index contributed by atoms with van der Waals surface area (Å²) in [6, 6.07) is 15.0. The first kappa shape index (κ1) is 17.8. The Balaban J connectivity index is 1.77. The van der Waals surface area contributed by atoms with Crippen molar-refractivity contribution in [3.05, 3.63) is 65.9 Å². The lowest BCUT2D eigenvalue weighted by Crippen LogP contribution is -2.45. The van der Waals surface area contributed by atoms with Crippen LogP contribution in [0.1, 0.15) is 41.7 Å². The summed E-state index contributed by atoms with van der Waals surface area (Å²) in [4.78, 5) is 33.5. The van der Waals surface area contributed by atoms with Crippen molar-refractivity contribution in [2.24, 2.45) is 0 Å². The normalized spacial score (nSPS) is 21.1. The molecule has 6 nitrogen and oxygen atoms in total. The molecule has 2 atom stereocenters. The van der Waals surface area contributed by atoms with Crippen molar-refractivity contribution in [3.63, 3.8) is 0 Å². The Morgan fingerprint density at radius 1 is 1.17 bits per heavy atom. The lowest BCUT2D eigenvalue weighted by Gasteiger charge is -2.35. The van der Waals surface area contributed by atoms with Crippen molar-refractivity contribution in [1.82, 2.24) is 9.88 Å². The van der Waals surface area contributed by atoms with Gasteiger partial charge in [-0.1, -0.05) is 30.3 Å². The van der Waals surface area contributed by atoms with Crippen molar-refractivity contribution >= 4 is 28.6 Å². The first-order valence-electron chi connectivity index (χ1n) is 10.1. The van der Waals surface area contributed by atoms with E-state index in [1.54, 1.807) is 17.9 Å². The Kier molecular flexibility index (Phi) is 4.27. The summed E-state index contributed by atoms with van der Waals surface area (Å²) in [6.07, 6.45) is 3.32. The summed E-state index contributed by atoms with van der Waals surface area (Å²) in [5.41, 5.74) is 3.19. The molecule has 0 aliphatic carbocycles. The van der Waals surface area contributed by atoms with Crippen LogP contribution in [-0.2, 0) is 4.74 Å². The standard InChI is InChI=1S/C23H23N3O3/c1-2-29-23(28)26-19-11-6-4-9-16(19)22(27)25-13-7-12-20(25)21(26)17-14-24-18-10-5-3-8-15(17)18/h3-6,8-11,14,20-21,24H,2,7,12-13H2,1H3/t20-,21-/m0/s1. The molecule has 148 valence electrons. The molecule has 0 bridgehead atoms. The number of aromatic nitrogens is 1. The molecule has 0 radical (unpaired) electrons. The van der Waals surface area contributed by atoms with Gasteiger partial charge in [-0.25, -0.2) is 4.79 Å². The lowest BCUT2D eigenvalue weighted by atomic mass is 9.95. The minimum Gasteiger partial charge on any atom is -0.449 e. The molecule has 1 fully saturated rings. The highest BCUT2D eigenvalue weighted by atomic mass is 16.6. The summed E-state index contributed by atoms with van der Waals surface area (Å²) in [5.74, 6) is -0.0141. The smallest absolute Gasteiger partial charge is 0.414 e. The molecule has 2 aromatic carbocycles. The van der Waals surface area contributed by atoms with Gasteiger partial charge in [0, 0.05) is 29.2 Å². The molecule has 2 aliphatic heterocycles. The number of amides is 2. The zero-order valence-corrected chi connectivity index (χ0v) is 16.3. The zero-order chi connectivity index (χ0) is 20.0. The fourth-order valence-corrected chi connectivity index (χ4v) is 4.80. The predicted molar refractivity (Wildman–Crippen MR) is 111 cm³/mol. The molecule has 1 aromatic heterocycles. The third-order valence-electron chi connectivity index (χ3n) is 6.00. The number of benzene rings is 2. The fraction of sp³-hybridized carbons (Fsp3) is 0.304. The van der Waals surface area contributed by atoms with Crippen molar-refractivity contribution in [2.45, 2.75) is 31.8 Å². The van der Waals surface area contributed by atoms with Crippen LogP contribution in [0.2, 0.25) is 0 Å². The molecule has 5 rings (SSSR count). The van der Waals surface area contributed by atoms with E-state index in [9.17, 15) is 9.59 Å². The van der Waals surface area contributed by atoms with Crippen LogP contribution in [-0.4, -0.2) is 41.1 Å². The first-order chi connectivity index (χ1) is 14.2. The third-order valence-corrected chi connectivity index (χ3v) is 6.00. The predicted octanol–water partition coefficient (Wildman–Crippen LogP) is 4.49. The number of hydrogen-bond donors (Lipinski definition) is 1. The molecular formula is C23H23N3O3. The minimum atomic E-state index is -0.420. The van der Waals surface area contributed by atoms with Crippen LogP contribution in [0.25, 0.3) is 10.9 Å². The minimum absolute atomic E-state index is 0.0141. The number of nitrogens with zero attached hydrogens (tertiary/aromatic N) is 2.